The van der Waals surface area contributed by atoms with Crippen molar-refractivity contribution in [3.63, 3.8) is 0 Å². The van der Waals surface area contributed by atoms with Crippen molar-refractivity contribution in [3.8, 4) is 0 Å². The zero-order valence-electron chi connectivity index (χ0n) is 8.13. The van der Waals surface area contributed by atoms with Crippen molar-refractivity contribution >= 4 is 11.4 Å². The Morgan fingerprint density at radius 1 is 1.50 bits per heavy atom. The number of hydrogen-bond acceptors (Lipinski definition) is 3. The number of nitrogens with zero attached hydrogens (tertiary/aromatic N) is 1. The third-order valence-electron chi connectivity index (χ3n) is 2.46. The van der Waals surface area contributed by atoms with Crippen LogP contribution in [0.4, 0.5) is 15.8 Å². The van der Waals surface area contributed by atoms with Gasteiger partial charge in [-0.15, -0.1) is 0 Å². The number of benzene rings is 1. The Labute approximate surface area is 82.7 Å². The van der Waals surface area contributed by atoms with Crippen LogP contribution in [0.15, 0.2) is 18.2 Å². The van der Waals surface area contributed by atoms with Crippen LogP contribution < -0.4 is 11.1 Å². The molecule has 4 heteroatoms. The second-order valence-corrected chi connectivity index (χ2v) is 3.77. The highest BCUT2D eigenvalue weighted by molar-refractivity contribution is 5.67. The molecule has 1 aliphatic heterocycles. The zero-order chi connectivity index (χ0) is 10.1. The Balaban J connectivity index is 2.09. The highest BCUT2D eigenvalue weighted by atomic mass is 19.1. The molecule has 0 unspecified atom stereocenters. The van der Waals surface area contributed by atoms with Gasteiger partial charge in [-0.1, -0.05) is 6.07 Å². The maximum atomic E-state index is 13.3. The Morgan fingerprint density at radius 2 is 2.21 bits per heavy atom. The third kappa shape index (κ3) is 1.65. The molecule has 1 aliphatic rings. The number of nitrogens with one attached hydrogen (secondary N) is 1. The van der Waals surface area contributed by atoms with Crippen LogP contribution >= 0.6 is 0 Å². The molecule has 0 aliphatic carbocycles. The predicted octanol–water partition coefficient (Wildman–Crippen LogP) is 1.13. The van der Waals surface area contributed by atoms with E-state index in [1.54, 1.807) is 12.1 Å². The van der Waals surface area contributed by atoms with Gasteiger partial charge in [0.25, 0.3) is 0 Å². The number of nitrogen functional groups attached to an aromatic ring is 1. The molecule has 1 saturated heterocycles. The molecule has 1 aromatic rings. The van der Waals surface area contributed by atoms with Gasteiger partial charge in [-0.2, -0.15) is 0 Å². The van der Waals surface area contributed by atoms with Gasteiger partial charge < -0.3 is 16.0 Å². The van der Waals surface area contributed by atoms with E-state index in [2.05, 4.69) is 10.2 Å². The SMILES string of the molecule is CN1CC(Nc2c(N)cccc2F)C1. The number of anilines is 2. The predicted molar refractivity (Wildman–Crippen MR) is 55.7 cm³/mol. The molecule has 0 radical (unpaired) electrons. The van der Waals surface area contributed by atoms with Gasteiger partial charge in [-0.05, 0) is 19.2 Å². The smallest absolute Gasteiger partial charge is 0.148 e. The molecule has 0 bridgehead atoms. The third-order valence-corrected chi connectivity index (χ3v) is 2.46. The highest BCUT2D eigenvalue weighted by Crippen LogP contribution is 2.24. The van der Waals surface area contributed by atoms with E-state index in [4.69, 9.17) is 5.73 Å². The number of likely N-dealkylation sites (N-methyl/N-ethyl adjacent to an activating group) is 1. The van der Waals surface area contributed by atoms with Crippen LogP contribution in [0.2, 0.25) is 0 Å². The second-order valence-electron chi connectivity index (χ2n) is 3.77. The highest BCUT2D eigenvalue weighted by Gasteiger charge is 2.24. The van der Waals surface area contributed by atoms with E-state index in [-0.39, 0.29) is 5.82 Å². The van der Waals surface area contributed by atoms with Gasteiger partial charge in [0.2, 0.25) is 0 Å². The van der Waals surface area contributed by atoms with Crippen molar-refractivity contribution in [1.82, 2.24) is 4.90 Å². The quantitative estimate of drug-likeness (QED) is 0.695. The summed E-state index contributed by atoms with van der Waals surface area (Å²) in [4.78, 5) is 2.16. The normalized spacial score (nSPS) is 17.9. The van der Waals surface area contributed by atoms with E-state index >= 15 is 0 Å². The molecule has 3 nitrogen and oxygen atoms in total. The Morgan fingerprint density at radius 3 is 2.79 bits per heavy atom. The van der Waals surface area contributed by atoms with Gasteiger partial charge in [-0.25, -0.2) is 4.39 Å². The molecule has 2 rings (SSSR count). The number of hydrogen-bond donors (Lipinski definition) is 2. The Kier molecular flexibility index (Phi) is 2.29. The number of nitrogens with two attached hydrogens (primary N) is 1. The fourth-order valence-electron chi connectivity index (χ4n) is 1.69. The summed E-state index contributed by atoms with van der Waals surface area (Å²) < 4.78 is 13.3. The minimum absolute atomic E-state index is 0.278. The summed E-state index contributed by atoms with van der Waals surface area (Å²) in [6.45, 7) is 1.88. The molecule has 0 amide bonds. The first kappa shape index (κ1) is 9.27. The number of likely N-dealkylation sites (tertiary alicyclic amines) is 1. The molecular formula is C10H14FN3. The summed E-state index contributed by atoms with van der Waals surface area (Å²) >= 11 is 0. The van der Waals surface area contributed by atoms with E-state index in [9.17, 15) is 4.39 Å². The van der Waals surface area contributed by atoms with Gasteiger partial charge >= 0.3 is 0 Å². The minimum Gasteiger partial charge on any atom is -0.397 e. The molecule has 1 aromatic carbocycles. The van der Waals surface area contributed by atoms with E-state index in [1.165, 1.54) is 6.07 Å². The van der Waals surface area contributed by atoms with Crippen molar-refractivity contribution < 1.29 is 4.39 Å². The largest absolute Gasteiger partial charge is 0.397 e. The van der Waals surface area contributed by atoms with E-state index in [1.807, 2.05) is 7.05 Å². The number of rotatable bonds is 2. The summed E-state index contributed by atoms with van der Waals surface area (Å²) in [5, 5.41) is 3.10. The molecule has 76 valence electrons. The van der Waals surface area contributed by atoms with E-state index in [0.717, 1.165) is 13.1 Å². The van der Waals surface area contributed by atoms with Crippen LogP contribution in [0.3, 0.4) is 0 Å². The van der Waals surface area contributed by atoms with Crippen LogP contribution in [0, 0.1) is 5.82 Å². The Hall–Kier alpha value is -1.29. The summed E-state index contributed by atoms with van der Waals surface area (Å²) in [6.07, 6.45) is 0. The van der Waals surface area contributed by atoms with E-state index < -0.39 is 0 Å². The first-order valence-corrected chi connectivity index (χ1v) is 4.66. The zero-order valence-corrected chi connectivity index (χ0v) is 8.13. The summed E-state index contributed by atoms with van der Waals surface area (Å²) in [6, 6.07) is 5.05. The molecule has 0 aromatic heterocycles. The van der Waals surface area contributed by atoms with Crippen LogP contribution in [0.5, 0.6) is 0 Å². The van der Waals surface area contributed by atoms with E-state index in [0.29, 0.717) is 17.4 Å². The van der Waals surface area contributed by atoms with Crippen molar-refractivity contribution in [2.45, 2.75) is 6.04 Å². The lowest BCUT2D eigenvalue weighted by Gasteiger charge is -2.37. The first-order valence-electron chi connectivity index (χ1n) is 4.66. The van der Waals surface area contributed by atoms with Crippen molar-refractivity contribution in [2.75, 3.05) is 31.2 Å². The minimum atomic E-state index is -0.278. The lowest BCUT2D eigenvalue weighted by molar-refractivity contribution is 0.205. The standard InChI is InChI=1S/C10H14FN3/c1-14-5-7(6-14)13-10-8(11)3-2-4-9(10)12/h2-4,7,13H,5-6,12H2,1H3. The van der Waals surface area contributed by atoms with Crippen molar-refractivity contribution in [2.24, 2.45) is 0 Å². The van der Waals surface area contributed by atoms with Gasteiger partial charge in [-0.3, -0.25) is 0 Å². The van der Waals surface area contributed by atoms with Crippen LogP contribution in [0.25, 0.3) is 0 Å². The second kappa shape index (κ2) is 3.46. The molecule has 1 fully saturated rings. The molecule has 0 saturated carbocycles. The summed E-state index contributed by atoms with van der Waals surface area (Å²) in [5.41, 5.74) is 6.57. The monoisotopic (exact) mass is 195 g/mol. The topological polar surface area (TPSA) is 41.3 Å². The van der Waals surface area contributed by atoms with Crippen molar-refractivity contribution in [3.05, 3.63) is 24.0 Å². The van der Waals surface area contributed by atoms with Crippen LogP contribution in [-0.2, 0) is 0 Å². The van der Waals surface area contributed by atoms with Gasteiger partial charge in [0.05, 0.1) is 17.4 Å². The van der Waals surface area contributed by atoms with Gasteiger partial charge in [0.15, 0.2) is 0 Å². The number of halogens is 1. The molecular weight excluding hydrogens is 181 g/mol. The maximum absolute atomic E-state index is 13.3. The van der Waals surface area contributed by atoms with Gasteiger partial charge in [0.1, 0.15) is 5.82 Å². The summed E-state index contributed by atoms with van der Waals surface area (Å²) in [5.74, 6) is -0.278. The number of para-hydroxylation sites is 1. The molecule has 0 spiro atoms. The molecule has 0 atom stereocenters. The Bertz CT molecular complexity index is 314. The molecule has 14 heavy (non-hydrogen) atoms. The lowest BCUT2D eigenvalue weighted by atomic mass is 10.1. The van der Waals surface area contributed by atoms with Crippen LogP contribution in [0.1, 0.15) is 0 Å². The fourth-order valence-corrected chi connectivity index (χ4v) is 1.69. The average molecular weight is 195 g/mol. The van der Waals surface area contributed by atoms with Gasteiger partial charge in [0, 0.05) is 13.1 Å². The van der Waals surface area contributed by atoms with Crippen LogP contribution in [-0.4, -0.2) is 31.1 Å². The molecule has 3 N–H and O–H groups in total. The first-order chi connectivity index (χ1) is 6.66. The molecule has 1 heterocycles. The lowest BCUT2D eigenvalue weighted by Crippen LogP contribution is -2.52. The fraction of sp³-hybridized carbons (Fsp3) is 0.400. The summed E-state index contributed by atoms with van der Waals surface area (Å²) in [7, 11) is 2.03. The van der Waals surface area contributed by atoms with Crippen molar-refractivity contribution in [1.29, 1.82) is 0 Å². The average Bonchev–Trinajstić information content (AvgIpc) is 2.08. The maximum Gasteiger partial charge on any atom is 0.148 e.